The molecule has 1 fully saturated rings. The van der Waals surface area contributed by atoms with Gasteiger partial charge in [-0.1, -0.05) is 6.07 Å². The lowest BCUT2D eigenvalue weighted by molar-refractivity contribution is 0.588. The largest absolute Gasteiger partial charge is 0.368 e. The Morgan fingerprint density at radius 1 is 0.960 bits per heavy atom. The predicted molar refractivity (Wildman–Crippen MR) is 109 cm³/mol. The maximum atomic E-state index is 13.0. The van der Waals surface area contributed by atoms with Crippen molar-refractivity contribution >= 4 is 49.2 Å². The second kappa shape index (κ2) is 6.62. The predicted octanol–water partition coefficient (Wildman–Crippen LogP) is 2.89. The molecule has 1 N–H and O–H groups in total. The Kier molecular flexibility index (Phi) is 4.47. The highest BCUT2D eigenvalue weighted by atomic mass is 127. The van der Waals surface area contributed by atoms with Gasteiger partial charge in [-0.2, -0.15) is 0 Å². The van der Waals surface area contributed by atoms with Gasteiger partial charge < -0.3 is 10.2 Å². The third kappa shape index (κ3) is 3.04. The summed E-state index contributed by atoms with van der Waals surface area (Å²) in [6.07, 6.45) is 1.66. The van der Waals surface area contributed by atoms with Crippen molar-refractivity contribution in [3.05, 3.63) is 58.3 Å². The second-order valence-electron chi connectivity index (χ2n) is 6.02. The number of aromatic nitrogens is 1. The van der Waals surface area contributed by atoms with Gasteiger partial charge in [-0.25, -0.2) is 12.4 Å². The zero-order valence-corrected chi connectivity index (χ0v) is 16.5. The van der Waals surface area contributed by atoms with Crippen LogP contribution in [0.15, 0.2) is 59.6 Å². The number of hydrogen-bond acceptors (Lipinski definition) is 4. The molecule has 25 heavy (non-hydrogen) atoms. The highest BCUT2D eigenvalue weighted by Gasteiger charge is 2.21. The van der Waals surface area contributed by atoms with Crippen LogP contribution in [0.1, 0.15) is 0 Å². The molecule has 0 saturated carbocycles. The van der Waals surface area contributed by atoms with Crippen molar-refractivity contribution in [2.24, 2.45) is 0 Å². The fourth-order valence-corrected chi connectivity index (χ4v) is 4.94. The highest BCUT2D eigenvalue weighted by molar-refractivity contribution is 14.1. The maximum Gasteiger partial charge on any atom is 0.268 e. The van der Waals surface area contributed by atoms with Crippen molar-refractivity contribution < 1.29 is 8.42 Å². The molecule has 0 unspecified atom stereocenters. The van der Waals surface area contributed by atoms with Crippen LogP contribution in [0, 0.1) is 3.57 Å². The monoisotopic (exact) mass is 467 g/mol. The first-order valence-corrected chi connectivity index (χ1v) is 10.7. The number of rotatable bonds is 3. The fourth-order valence-electron chi connectivity index (χ4n) is 3.24. The minimum Gasteiger partial charge on any atom is -0.368 e. The Morgan fingerprint density at radius 3 is 2.40 bits per heavy atom. The lowest BCUT2D eigenvalue weighted by atomic mass is 10.2. The summed E-state index contributed by atoms with van der Waals surface area (Å²) in [7, 11) is -3.60. The van der Waals surface area contributed by atoms with Crippen molar-refractivity contribution in [1.82, 2.24) is 9.29 Å². The molecule has 0 bridgehead atoms. The van der Waals surface area contributed by atoms with E-state index in [2.05, 4.69) is 38.9 Å². The molecule has 2 heterocycles. The van der Waals surface area contributed by atoms with E-state index in [4.69, 9.17) is 0 Å². The summed E-state index contributed by atoms with van der Waals surface area (Å²) in [5, 5.41) is 4.32. The van der Waals surface area contributed by atoms with Crippen LogP contribution in [0.2, 0.25) is 0 Å². The van der Waals surface area contributed by atoms with Gasteiger partial charge in [0.15, 0.2) is 0 Å². The van der Waals surface area contributed by atoms with E-state index < -0.39 is 10.0 Å². The summed E-state index contributed by atoms with van der Waals surface area (Å²) in [6.45, 7) is 3.73. The molecule has 1 saturated heterocycles. The first kappa shape index (κ1) is 16.9. The number of piperazine rings is 1. The van der Waals surface area contributed by atoms with Gasteiger partial charge in [-0.15, -0.1) is 0 Å². The van der Waals surface area contributed by atoms with Gasteiger partial charge >= 0.3 is 0 Å². The fraction of sp³-hybridized carbons (Fsp3) is 0.222. The standard InChI is InChI=1S/C18H18IN3O2S/c19-14-4-6-15(7-5-14)25(23,24)22-11-8-16-17(2-1-3-18(16)22)21-12-9-20-10-13-21/h1-8,11,20H,9-10,12-13H2. The Balaban J connectivity index is 1.82. The number of nitrogens with zero attached hydrogens (tertiary/aromatic N) is 2. The van der Waals surface area contributed by atoms with E-state index in [1.807, 2.05) is 30.3 Å². The zero-order valence-electron chi connectivity index (χ0n) is 13.5. The first-order valence-electron chi connectivity index (χ1n) is 8.14. The number of fused-ring (bicyclic) bond motifs is 1. The molecule has 0 atom stereocenters. The number of hydrogen-bond donors (Lipinski definition) is 1. The molecular formula is C18H18IN3O2S. The van der Waals surface area contributed by atoms with Crippen LogP contribution >= 0.6 is 22.6 Å². The maximum absolute atomic E-state index is 13.0. The van der Waals surface area contributed by atoms with Gasteiger partial charge in [0.25, 0.3) is 10.0 Å². The summed E-state index contributed by atoms with van der Waals surface area (Å²) in [6, 6.07) is 14.7. The first-order chi connectivity index (χ1) is 12.1. The van der Waals surface area contributed by atoms with E-state index in [0.29, 0.717) is 4.90 Å². The molecule has 3 aromatic rings. The third-order valence-corrected chi connectivity index (χ3v) is 6.93. The summed E-state index contributed by atoms with van der Waals surface area (Å²) >= 11 is 2.17. The van der Waals surface area contributed by atoms with Gasteiger partial charge in [-0.3, -0.25) is 0 Å². The SMILES string of the molecule is O=S(=O)(c1ccc(I)cc1)n1ccc2c(N3CCNCC3)cccc21. The zero-order chi connectivity index (χ0) is 17.4. The van der Waals surface area contributed by atoms with E-state index in [1.165, 1.54) is 3.97 Å². The molecule has 0 spiro atoms. The molecule has 0 radical (unpaired) electrons. The van der Waals surface area contributed by atoms with Gasteiger partial charge in [0.2, 0.25) is 0 Å². The lowest BCUT2D eigenvalue weighted by Crippen LogP contribution is -2.43. The number of halogens is 1. The van der Waals surface area contributed by atoms with Crippen molar-refractivity contribution in [3.63, 3.8) is 0 Å². The minimum atomic E-state index is -3.60. The molecule has 4 rings (SSSR count). The summed E-state index contributed by atoms with van der Waals surface area (Å²) < 4.78 is 28.5. The van der Waals surface area contributed by atoms with Crippen molar-refractivity contribution in [2.75, 3.05) is 31.1 Å². The van der Waals surface area contributed by atoms with E-state index in [9.17, 15) is 8.42 Å². The molecule has 0 amide bonds. The summed E-state index contributed by atoms with van der Waals surface area (Å²) in [4.78, 5) is 2.61. The quantitative estimate of drug-likeness (QED) is 0.603. The van der Waals surface area contributed by atoms with Crippen LogP contribution in [0.4, 0.5) is 5.69 Å². The summed E-state index contributed by atoms with van der Waals surface area (Å²) in [5.41, 5.74) is 1.81. The van der Waals surface area contributed by atoms with Crippen LogP contribution < -0.4 is 10.2 Å². The van der Waals surface area contributed by atoms with Crippen LogP contribution in [0.25, 0.3) is 10.9 Å². The average molecular weight is 467 g/mol. The minimum absolute atomic E-state index is 0.304. The Labute approximate surface area is 160 Å². The molecule has 7 heteroatoms. The second-order valence-corrected chi connectivity index (χ2v) is 9.08. The van der Waals surface area contributed by atoms with Crippen molar-refractivity contribution in [3.8, 4) is 0 Å². The highest BCUT2D eigenvalue weighted by Crippen LogP contribution is 2.30. The topological polar surface area (TPSA) is 54.3 Å². The lowest BCUT2D eigenvalue weighted by Gasteiger charge is -2.30. The molecule has 1 aliphatic rings. The van der Waals surface area contributed by atoms with E-state index >= 15 is 0 Å². The molecular weight excluding hydrogens is 449 g/mol. The molecule has 0 aliphatic carbocycles. The van der Waals surface area contributed by atoms with Gasteiger partial charge in [0.05, 0.1) is 10.4 Å². The molecule has 2 aromatic carbocycles. The third-order valence-electron chi connectivity index (χ3n) is 4.50. The normalized spacial score (nSPS) is 15.6. The van der Waals surface area contributed by atoms with Crippen molar-refractivity contribution in [1.29, 1.82) is 0 Å². The van der Waals surface area contributed by atoms with Gasteiger partial charge in [-0.05, 0) is 65.1 Å². The number of nitrogens with one attached hydrogen (secondary N) is 1. The van der Waals surface area contributed by atoms with Crippen LogP contribution in [0.5, 0.6) is 0 Å². The van der Waals surface area contributed by atoms with Crippen molar-refractivity contribution in [2.45, 2.75) is 4.90 Å². The smallest absolute Gasteiger partial charge is 0.268 e. The van der Waals surface area contributed by atoms with Gasteiger partial charge in [0.1, 0.15) is 0 Å². The Morgan fingerprint density at radius 2 is 1.68 bits per heavy atom. The molecule has 5 nitrogen and oxygen atoms in total. The Bertz CT molecular complexity index is 1010. The molecule has 1 aromatic heterocycles. The molecule has 130 valence electrons. The number of anilines is 1. The van der Waals surface area contributed by atoms with Gasteiger partial charge in [0, 0.05) is 47.0 Å². The summed E-state index contributed by atoms with van der Waals surface area (Å²) in [5.74, 6) is 0. The van der Waals surface area contributed by atoms with Crippen LogP contribution in [-0.2, 0) is 10.0 Å². The van der Waals surface area contributed by atoms with E-state index in [1.54, 1.807) is 18.3 Å². The molecule has 1 aliphatic heterocycles. The van der Waals surface area contributed by atoms with E-state index in [0.717, 1.165) is 46.3 Å². The van der Waals surface area contributed by atoms with Crippen LogP contribution in [0.3, 0.4) is 0 Å². The Hall–Kier alpha value is -1.58. The van der Waals surface area contributed by atoms with Crippen LogP contribution in [-0.4, -0.2) is 38.6 Å². The van der Waals surface area contributed by atoms with E-state index in [-0.39, 0.29) is 0 Å². The number of benzene rings is 2. The average Bonchev–Trinajstić information content (AvgIpc) is 3.08.